The van der Waals surface area contributed by atoms with Crippen LogP contribution in [-0.2, 0) is 0 Å². The maximum Gasteiger partial charge on any atom is 0.277 e. The number of benzene rings is 1. The van der Waals surface area contributed by atoms with Crippen LogP contribution in [0.2, 0.25) is 0 Å². The van der Waals surface area contributed by atoms with Crippen molar-refractivity contribution in [3.63, 3.8) is 0 Å². The molecule has 1 atom stereocenters. The molecule has 0 unspecified atom stereocenters. The first-order valence-corrected chi connectivity index (χ1v) is 5.60. The van der Waals surface area contributed by atoms with Crippen LogP contribution in [-0.4, -0.2) is 21.8 Å². The summed E-state index contributed by atoms with van der Waals surface area (Å²) in [6, 6.07) is 2.74. The third kappa shape index (κ3) is 3.73. The SMILES string of the molecule is CC[C@@H](C)NC(=O)c1cc([N+](=O)[O-])cc([N+](=O)[O-])c1. The first-order chi connectivity index (χ1) is 8.85. The van der Waals surface area contributed by atoms with E-state index in [4.69, 9.17) is 0 Å². The van der Waals surface area contributed by atoms with Gasteiger partial charge in [0.1, 0.15) is 0 Å². The molecule has 0 aromatic heterocycles. The van der Waals surface area contributed by atoms with Crippen molar-refractivity contribution in [3.05, 3.63) is 44.0 Å². The van der Waals surface area contributed by atoms with E-state index in [-0.39, 0.29) is 11.6 Å². The number of hydrogen-bond donors (Lipinski definition) is 1. The summed E-state index contributed by atoms with van der Waals surface area (Å²) in [4.78, 5) is 31.6. The molecule has 0 heterocycles. The van der Waals surface area contributed by atoms with Gasteiger partial charge >= 0.3 is 0 Å². The second-order valence-corrected chi connectivity index (χ2v) is 4.04. The Balaban J connectivity index is 3.16. The molecular weight excluding hydrogens is 254 g/mol. The Bertz CT molecular complexity index is 497. The Morgan fingerprint density at radius 1 is 1.21 bits per heavy atom. The molecule has 8 heteroatoms. The number of rotatable bonds is 5. The van der Waals surface area contributed by atoms with Crippen molar-refractivity contribution >= 4 is 17.3 Å². The predicted octanol–water partition coefficient (Wildman–Crippen LogP) is 2.03. The lowest BCUT2D eigenvalue weighted by Crippen LogP contribution is -2.31. The highest BCUT2D eigenvalue weighted by Crippen LogP contribution is 2.22. The Labute approximate surface area is 108 Å². The van der Waals surface area contributed by atoms with Crippen molar-refractivity contribution in [2.24, 2.45) is 0 Å². The lowest BCUT2D eigenvalue weighted by Gasteiger charge is -2.11. The molecule has 1 rings (SSSR count). The van der Waals surface area contributed by atoms with Gasteiger partial charge in [0.25, 0.3) is 17.3 Å². The van der Waals surface area contributed by atoms with Gasteiger partial charge in [-0.1, -0.05) is 6.92 Å². The van der Waals surface area contributed by atoms with Crippen LogP contribution < -0.4 is 5.32 Å². The number of nitro groups is 2. The summed E-state index contributed by atoms with van der Waals surface area (Å²) in [6.07, 6.45) is 0.683. The van der Waals surface area contributed by atoms with Crippen molar-refractivity contribution in [1.29, 1.82) is 0 Å². The number of nitro benzene ring substituents is 2. The minimum Gasteiger partial charge on any atom is -0.350 e. The number of non-ortho nitro benzene ring substituents is 2. The molecule has 1 amide bonds. The van der Waals surface area contributed by atoms with Crippen LogP contribution in [0.5, 0.6) is 0 Å². The largest absolute Gasteiger partial charge is 0.350 e. The van der Waals surface area contributed by atoms with Gasteiger partial charge in [0, 0.05) is 18.2 Å². The van der Waals surface area contributed by atoms with E-state index in [1.165, 1.54) is 0 Å². The van der Waals surface area contributed by atoms with Crippen molar-refractivity contribution in [2.45, 2.75) is 26.3 Å². The molecule has 1 N–H and O–H groups in total. The second-order valence-electron chi connectivity index (χ2n) is 4.04. The number of nitrogens with one attached hydrogen (secondary N) is 1. The average molecular weight is 267 g/mol. The lowest BCUT2D eigenvalue weighted by atomic mass is 10.1. The quantitative estimate of drug-likeness (QED) is 0.647. The molecule has 8 nitrogen and oxygen atoms in total. The van der Waals surface area contributed by atoms with Gasteiger partial charge in [-0.3, -0.25) is 25.0 Å². The molecule has 0 bridgehead atoms. The molecule has 0 saturated heterocycles. The van der Waals surface area contributed by atoms with E-state index in [1.807, 2.05) is 6.92 Å². The Hall–Kier alpha value is -2.51. The van der Waals surface area contributed by atoms with E-state index in [1.54, 1.807) is 6.92 Å². The molecule has 0 fully saturated rings. The number of amides is 1. The van der Waals surface area contributed by atoms with E-state index in [2.05, 4.69) is 5.32 Å². The zero-order chi connectivity index (χ0) is 14.6. The van der Waals surface area contributed by atoms with Crippen LogP contribution in [0.4, 0.5) is 11.4 Å². The number of carbonyl (C=O) groups excluding carboxylic acids is 1. The molecule has 0 aliphatic rings. The number of carbonyl (C=O) groups is 1. The van der Waals surface area contributed by atoms with Gasteiger partial charge in [-0.15, -0.1) is 0 Å². The fourth-order valence-electron chi connectivity index (χ4n) is 1.35. The van der Waals surface area contributed by atoms with E-state index in [0.29, 0.717) is 6.42 Å². The molecule has 102 valence electrons. The summed E-state index contributed by atoms with van der Waals surface area (Å²) in [6.45, 7) is 3.63. The van der Waals surface area contributed by atoms with Gasteiger partial charge < -0.3 is 5.32 Å². The summed E-state index contributed by atoms with van der Waals surface area (Å²) in [5.41, 5.74) is -1.06. The fraction of sp³-hybridized carbons (Fsp3) is 0.364. The van der Waals surface area contributed by atoms with Crippen LogP contribution in [0.15, 0.2) is 18.2 Å². The Kier molecular flexibility index (Phi) is 4.51. The van der Waals surface area contributed by atoms with Gasteiger partial charge in [-0.2, -0.15) is 0 Å². The van der Waals surface area contributed by atoms with Crippen LogP contribution in [0, 0.1) is 20.2 Å². The van der Waals surface area contributed by atoms with Crippen LogP contribution in [0.25, 0.3) is 0 Å². The van der Waals surface area contributed by atoms with E-state index < -0.39 is 27.1 Å². The van der Waals surface area contributed by atoms with Crippen LogP contribution in [0.3, 0.4) is 0 Å². The van der Waals surface area contributed by atoms with Crippen LogP contribution in [0.1, 0.15) is 30.6 Å². The molecule has 0 saturated carbocycles. The minimum absolute atomic E-state index is 0.0961. The predicted molar refractivity (Wildman–Crippen MR) is 67.0 cm³/mol. The summed E-state index contributed by atoms with van der Waals surface area (Å²) in [5.74, 6) is -0.568. The topological polar surface area (TPSA) is 115 Å². The van der Waals surface area contributed by atoms with E-state index >= 15 is 0 Å². The van der Waals surface area contributed by atoms with E-state index in [0.717, 1.165) is 18.2 Å². The van der Waals surface area contributed by atoms with Gasteiger partial charge in [0.15, 0.2) is 0 Å². The van der Waals surface area contributed by atoms with Crippen molar-refractivity contribution in [1.82, 2.24) is 5.32 Å². The van der Waals surface area contributed by atoms with Crippen molar-refractivity contribution in [3.8, 4) is 0 Å². The summed E-state index contributed by atoms with van der Waals surface area (Å²) in [5, 5.41) is 24.0. The molecule has 1 aromatic rings. The van der Waals surface area contributed by atoms with Gasteiger partial charge in [-0.25, -0.2) is 0 Å². The Morgan fingerprint density at radius 3 is 2.05 bits per heavy atom. The summed E-state index contributed by atoms with van der Waals surface area (Å²) >= 11 is 0. The van der Waals surface area contributed by atoms with Crippen molar-refractivity contribution < 1.29 is 14.6 Å². The monoisotopic (exact) mass is 267 g/mol. The molecule has 1 aromatic carbocycles. The first-order valence-electron chi connectivity index (χ1n) is 5.60. The third-order valence-electron chi connectivity index (χ3n) is 2.58. The minimum atomic E-state index is -0.771. The Morgan fingerprint density at radius 2 is 1.68 bits per heavy atom. The van der Waals surface area contributed by atoms with Crippen LogP contribution >= 0.6 is 0 Å². The van der Waals surface area contributed by atoms with Gasteiger partial charge in [0.05, 0.1) is 21.5 Å². The molecular formula is C11H13N3O5. The van der Waals surface area contributed by atoms with Gasteiger partial charge in [0.2, 0.25) is 0 Å². The third-order valence-corrected chi connectivity index (χ3v) is 2.58. The highest BCUT2D eigenvalue weighted by Gasteiger charge is 2.20. The molecule has 0 aliphatic carbocycles. The molecule has 0 aliphatic heterocycles. The maximum absolute atomic E-state index is 11.8. The summed E-state index contributed by atoms with van der Waals surface area (Å²) < 4.78 is 0. The highest BCUT2D eigenvalue weighted by atomic mass is 16.6. The van der Waals surface area contributed by atoms with Crippen molar-refractivity contribution in [2.75, 3.05) is 0 Å². The number of nitrogens with zero attached hydrogens (tertiary/aromatic N) is 2. The molecule has 0 radical (unpaired) electrons. The average Bonchev–Trinajstić information content (AvgIpc) is 2.37. The normalized spacial score (nSPS) is 11.7. The zero-order valence-electron chi connectivity index (χ0n) is 10.5. The number of hydrogen-bond acceptors (Lipinski definition) is 5. The van der Waals surface area contributed by atoms with Gasteiger partial charge in [-0.05, 0) is 13.3 Å². The fourth-order valence-corrected chi connectivity index (χ4v) is 1.35. The standard InChI is InChI=1S/C11H13N3O5/c1-3-7(2)12-11(15)8-4-9(13(16)17)6-10(5-8)14(18)19/h4-7H,3H2,1-2H3,(H,12,15)/t7-/m1/s1. The second kappa shape index (κ2) is 5.89. The first kappa shape index (κ1) is 14.6. The maximum atomic E-state index is 11.8. The lowest BCUT2D eigenvalue weighted by molar-refractivity contribution is -0.394. The van der Waals surface area contributed by atoms with E-state index in [9.17, 15) is 25.0 Å². The molecule has 0 spiro atoms. The summed E-state index contributed by atoms with van der Waals surface area (Å²) in [7, 11) is 0. The smallest absolute Gasteiger partial charge is 0.277 e. The highest BCUT2D eigenvalue weighted by molar-refractivity contribution is 5.95. The zero-order valence-corrected chi connectivity index (χ0v) is 10.5. The molecule has 19 heavy (non-hydrogen) atoms.